The van der Waals surface area contributed by atoms with Gasteiger partial charge in [-0.3, -0.25) is 4.68 Å². The summed E-state index contributed by atoms with van der Waals surface area (Å²) in [6, 6.07) is 0.838. The van der Waals surface area contributed by atoms with E-state index in [0.29, 0.717) is 6.04 Å². The quantitative estimate of drug-likeness (QED) is 0.894. The lowest BCUT2D eigenvalue weighted by atomic mass is 9.90. The lowest BCUT2D eigenvalue weighted by molar-refractivity contribution is 0.0488. The predicted octanol–water partition coefficient (Wildman–Crippen LogP) is 2.91. The van der Waals surface area contributed by atoms with Crippen LogP contribution in [-0.2, 0) is 11.8 Å². The largest absolute Gasteiger partial charge is 0.444 e. The minimum Gasteiger partial charge on any atom is -0.444 e. The van der Waals surface area contributed by atoms with Crippen molar-refractivity contribution in [2.45, 2.75) is 77.1 Å². The third kappa shape index (κ3) is 5.86. The van der Waals surface area contributed by atoms with Crippen LogP contribution in [0.2, 0.25) is 0 Å². The van der Waals surface area contributed by atoms with Crippen molar-refractivity contribution in [1.82, 2.24) is 20.4 Å². The summed E-state index contributed by atoms with van der Waals surface area (Å²) in [6.45, 7) is 7.80. The molecule has 3 atom stereocenters. The number of ether oxygens (including phenoxy) is 1. The van der Waals surface area contributed by atoms with Crippen LogP contribution < -0.4 is 10.6 Å². The Bertz CT molecular complexity index is 521. The topological polar surface area (TPSA) is 68.2 Å². The van der Waals surface area contributed by atoms with Crippen LogP contribution in [0.3, 0.4) is 0 Å². The van der Waals surface area contributed by atoms with Gasteiger partial charge in [0.25, 0.3) is 0 Å². The first-order chi connectivity index (χ1) is 10.7. The Morgan fingerprint density at radius 1 is 1.39 bits per heavy atom. The number of amides is 1. The second-order valence-corrected chi connectivity index (χ2v) is 7.54. The molecule has 2 N–H and O–H groups in total. The molecule has 1 aromatic rings. The van der Waals surface area contributed by atoms with Gasteiger partial charge in [-0.05, 0) is 53.4 Å². The van der Waals surface area contributed by atoms with Gasteiger partial charge in [0.2, 0.25) is 0 Å². The molecule has 2 rings (SSSR count). The average Bonchev–Trinajstić information content (AvgIpc) is 2.83. The Labute approximate surface area is 139 Å². The van der Waals surface area contributed by atoms with Crippen LogP contribution >= 0.6 is 0 Å². The average molecular weight is 322 g/mol. The van der Waals surface area contributed by atoms with Gasteiger partial charge >= 0.3 is 6.09 Å². The van der Waals surface area contributed by atoms with Crippen LogP contribution in [0.1, 0.15) is 65.0 Å². The van der Waals surface area contributed by atoms with Crippen molar-refractivity contribution in [3.63, 3.8) is 0 Å². The zero-order valence-corrected chi connectivity index (χ0v) is 14.9. The summed E-state index contributed by atoms with van der Waals surface area (Å²) in [5.41, 5.74) is 0.736. The van der Waals surface area contributed by atoms with Gasteiger partial charge in [-0.15, -0.1) is 0 Å². The lowest BCUT2D eigenvalue weighted by Gasteiger charge is -2.32. The molecule has 1 aliphatic rings. The first kappa shape index (κ1) is 17.8. The Balaban J connectivity index is 1.82. The van der Waals surface area contributed by atoms with E-state index in [1.54, 1.807) is 0 Å². The summed E-state index contributed by atoms with van der Waals surface area (Å²) in [5.74, 6) is 0. The van der Waals surface area contributed by atoms with E-state index in [-0.39, 0.29) is 18.2 Å². The molecule has 1 fully saturated rings. The van der Waals surface area contributed by atoms with Gasteiger partial charge in [0.1, 0.15) is 5.60 Å². The summed E-state index contributed by atoms with van der Waals surface area (Å²) >= 11 is 0. The third-order valence-corrected chi connectivity index (χ3v) is 4.11. The minimum atomic E-state index is -0.453. The predicted molar refractivity (Wildman–Crippen MR) is 90.2 cm³/mol. The van der Waals surface area contributed by atoms with E-state index in [9.17, 15) is 4.79 Å². The van der Waals surface area contributed by atoms with Crippen molar-refractivity contribution in [2.24, 2.45) is 7.05 Å². The molecule has 1 amide bonds. The second kappa shape index (κ2) is 7.34. The molecular weight excluding hydrogens is 292 g/mol. The molecule has 0 aromatic carbocycles. The van der Waals surface area contributed by atoms with E-state index in [4.69, 9.17) is 4.74 Å². The number of hydrogen-bond donors (Lipinski definition) is 2. The number of hydrogen-bond acceptors (Lipinski definition) is 4. The van der Waals surface area contributed by atoms with Gasteiger partial charge < -0.3 is 15.4 Å². The van der Waals surface area contributed by atoms with Crippen molar-refractivity contribution >= 4 is 6.09 Å². The highest BCUT2D eigenvalue weighted by atomic mass is 16.6. The van der Waals surface area contributed by atoms with E-state index < -0.39 is 5.60 Å². The summed E-state index contributed by atoms with van der Waals surface area (Å²) in [5, 5.41) is 10.9. The first-order valence-electron chi connectivity index (χ1n) is 8.47. The number of nitrogens with zero attached hydrogens (tertiary/aromatic N) is 2. The number of nitrogens with one attached hydrogen (secondary N) is 2. The number of aryl methyl sites for hydroxylation is 1. The highest BCUT2D eigenvalue weighted by Gasteiger charge is 2.26. The molecule has 0 bridgehead atoms. The molecule has 130 valence electrons. The fraction of sp³-hybridized carbons (Fsp3) is 0.765. The van der Waals surface area contributed by atoms with Crippen LogP contribution in [0.15, 0.2) is 12.4 Å². The Morgan fingerprint density at radius 2 is 2.09 bits per heavy atom. The molecule has 23 heavy (non-hydrogen) atoms. The summed E-state index contributed by atoms with van der Waals surface area (Å²) in [6.07, 6.45) is 7.81. The fourth-order valence-corrected chi connectivity index (χ4v) is 3.06. The zero-order valence-electron chi connectivity index (χ0n) is 14.9. The van der Waals surface area contributed by atoms with Crippen molar-refractivity contribution < 1.29 is 9.53 Å². The molecule has 1 saturated carbocycles. The van der Waals surface area contributed by atoms with Crippen LogP contribution in [-0.4, -0.2) is 33.6 Å². The second-order valence-electron chi connectivity index (χ2n) is 7.54. The van der Waals surface area contributed by atoms with E-state index in [1.807, 2.05) is 44.9 Å². The van der Waals surface area contributed by atoms with Gasteiger partial charge in [0, 0.05) is 36.9 Å². The van der Waals surface area contributed by atoms with Crippen LogP contribution in [0.4, 0.5) is 4.79 Å². The van der Waals surface area contributed by atoms with Gasteiger partial charge in [0.15, 0.2) is 0 Å². The molecule has 6 nitrogen and oxygen atoms in total. The lowest BCUT2D eigenvalue weighted by Crippen LogP contribution is -2.46. The van der Waals surface area contributed by atoms with E-state index in [0.717, 1.165) is 25.7 Å². The highest BCUT2D eigenvalue weighted by molar-refractivity contribution is 5.68. The molecule has 1 aliphatic carbocycles. The van der Waals surface area contributed by atoms with E-state index >= 15 is 0 Å². The molecule has 0 spiro atoms. The van der Waals surface area contributed by atoms with Crippen molar-refractivity contribution in [3.8, 4) is 0 Å². The standard InChI is InChI=1S/C17H30N4O2/c1-12(13-10-18-21(5)11-13)19-14-7-6-8-15(9-14)20-16(22)23-17(2,3)4/h10-12,14-15,19H,6-9H2,1-5H3,(H,20,22)/t12-,14+,15-/m0/s1. The Morgan fingerprint density at radius 3 is 2.70 bits per heavy atom. The van der Waals surface area contributed by atoms with E-state index in [1.165, 1.54) is 5.56 Å². The fourth-order valence-electron chi connectivity index (χ4n) is 3.06. The number of rotatable bonds is 4. The van der Waals surface area contributed by atoms with Crippen LogP contribution in [0, 0.1) is 0 Å². The van der Waals surface area contributed by atoms with Crippen molar-refractivity contribution in [1.29, 1.82) is 0 Å². The molecule has 1 heterocycles. The van der Waals surface area contributed by atoms with Gasteiger partial charge in [-0.1, -0.05) is 0 Å². The maximum absolute atomic E-state index is 11.9. The molecule has 1 aromatic heterocycles. The first-order valence-corrected chi connectivity index (χ1v) is 8.47. The van der Waals surface area contributed by atoms with Gasteiger partial charge in [0.05, 0.1) is 6.20 Å². The maximum Gasteiger partial charge on any atom is 0.407 e. The summed E-state index contributed by atoms with van der Waals surface area (Å²) in [7, 11) is 1.93. The summed E-state index contributed by atoms with van der Waals surface area (Å²) < 4.78 is 7.17. The number of aromatic nitrogens is 2. The van der Waals surface area contributed by atoms with E-state index in [2.05, 4.69) is 22.7 Å². The van der Waals surface area contributed by atoms with Crippen LogP contribution in [0.5, 0.6) is 0 Å². The number of alkyl carbamates (subject to hydrolysis) is 1. The third-order valence-electron chi connectivity index (χ3n) is 4.11. The Hall–Kier alpha value is -1.56. The summed E-state index contributed by atoms with van der Waals surface area (Å²) in [4.78, 5) is 11.9. The maximum atomic E-state index is 11.9. The Kier molecular flexibility index (Phi) is 5.68. The molecule has 0 unspecified atom stereocenters. The zero-order chi connectivity index (χ0) is 17.0. The van der Waals surface area contributed by atoms with Gasteiger partial charge in [-0.2, -0.15) is 5.10 Å². The van der Waals surface area contributed by atoms with Gasteiger partial charge in [-0.25, -0.2) is 4.79 Å². The highest BCUT2D eigenvalue weighted by Crippen LogP contribution is 2.22. The normalized spacial score (nSPS) is 23.3. The monoisotopic (exact) mass is 322 g/mol. The molecular formula is C17H30N4O2. The smallest absolute Gasteiger partial charge is 0.407 e. The van der Waals surface area contributed by atoms with Crippen LogP contribution in [0.25, 0.3) is 0 Å². The molecule has 0 radical (unpaired) electrons. The molecule has 0 aliphatic heterocycles. The number of carbonyl (C=O) groups excluding carboxylic acids is 1. The number of carbonyl (C=O) groups is 1. The van der Waals surface area contributed by atoms with Crippen molar-refractivity contribution in [2.75, 3.05) is 0 Å². The van der Waals surface area contributed by atoms with Crippen molar-refractivity contribution in [3.05, 3.63) is 18.0 Å². The minimum absolute atomic E-state index is 0.178. The SMILES string of the molecule is C[C@H](N[C@@H]1CCC[C@H](NC(=O)OC(C)(C)C)C1)c1cnn(C)c1. The molecule has 6 heteroatoms. The molecule has 0 saturated heterocycles.